The lowest BCUT2D eigenvalue weighted by molar-refractivity contribution is 0.00721. The van der Waals surface area contributed by atoms with Gasteiger partial charge in [0.05, 0.1) is 24.6 Å². The lowest BCUT2D eigenvalue weighted by Gasteiger charge is -2.22. The van der Waals surface area contributed by atoms with Gasteiger partial charge in [-0.25, -0.2) is 9.78 Å². The molecule has 2 fully saturated rings. The molecule has 0 spiro atoms. The normalized spacial score (nSPS) is 21.0. The smallest absolute Gasteiger partial charge is 0.315 e. The molecular weight excluding hydrogens is 697 g/mol. The maximum absolute atomic E-state index is 12.9. The van der Waals surface area contributed by atoms with Crippen LogP contribution in [0.25, 0.3) is 11.2 Å². The number of urea groups is 1. The number of aromatic nitrogens is 6. The second-order valence-corrected chi connectivity index (χ2v) is 14.4. The number of aromatic hydroxyl groups is 1. The molecule has 1 saturated carbocycles. The summed E-state index contributed by atoms with van der Waals surface area (Å²) in [5, 5.41) is 46.5. The van der Waals surface area contributed by atoms with E-state index in [1.54, 1.807) is 35.4 Å². The Morgan fingerprint density at radius 3 is 2.38 bits per heavy atom. The number of carbonyl (C=O) groups excluding carboxylic acids is 1. The van der Waals surface area contributed by atoms with Crippen LogP contribution in [0.1, 0.15) is 60.0 Å². The number of anilines is 2. The molecule has 284 valence electrons. The summed E-state index contributed by atoms with van der Waals surface area (Å²) in [5.41, 5.74) is 5.27. The molecule has 4 heterocycles. The van der Waals surface area contributed by atoms with Crippen LogP contribution in [-0.4, -0.2) is 88.5 Å². The molecule has 1 aliphatic carbocycles. The van der Waals surface area contributed by atoms with E-state index in [1.807, 2.05) is 58.1 Å². The highest BCUT2D eigenvalue weighted by molar-refractivity contribution is 5.84. The predicted molar refractivity (Wildman–Crippen MR) is 209 cm³/mol. The number of nitrogens with one attached hydrogen (secondary N) is 3. The molecule has 55 heavy (non-hydrogen) atoms. The number of benzene rings is 3. The predicted octanol–water partition coefficient (Wildman–Crippen LogP) is 4.52. The zero-order chi connectivity index (χ0) is 37.9. The number of imidazole rings is 1. The second-order valence-electron chi connectivity index (χ2n) is 14.4. The number of amides is 2. The van der Waals surface area contributed by atoms with Crippen molar-refractivity contribution >= 4 is 29.0 Å². The zero-order valence-electron chi connectivity index (χ0n) is 30.6. The van der Waals surface area contributed by atoms with Crippen molar-refractivity contribution in [2.75, 3.05) is 29.9 Å². The third-order valence-corrected chi connectivity index (χ3v) is 10.8. The summed E-state index contributed by atoms with van der Waals surface area (Å²) in [6.07, 6.45) is 5.23. The summed E-state index contributed by atoms with van der Waals surface area (Å²) in [6, 6.07) is 26.1. The first-order valence-corrected chi connectivity index (χ1v) is 18.9. The van der Waals surface area contributed by atoms with Crippen LogP contribution in [0.4, 0.5) is 16.6 Å². The van der Waals surface area contributed by atoms with Crippen molar-refractivity contribution in [3.05, 3.63) is 126 Å². The Kier molecular flexibility index (Phi) is 10.3. The quantitative estimate of drug-likeness (QED) is 0.105. The molecule has 1 aliphatic heterocycles. The number of carbonyl (C=O) groups is 1. The molecule has 14 heteroatoms. The van der Waals surface area contributed by atoms with Crippen LogP contribution in [-0.2, 0) is 13.0 Å². The summed E-state index contributed by atoms with van der Waals surface area (Å²) >= 11 is 0. The van der Waals surface area contributed by atoms with E-state index in [0.29, 0.717) is 55.4 Å². The third-order valence-electron chi connectivity index (χ3n) is 10.8. The topological polar surface area (TPSA) is 179 Å². The molecule has 3 aromatic heterocycles. The van der Waals surface area contributed by atoms with Gasteiger partial charge in [0.1, 0.15) is 18.0 Å². The minimum atomic E-state index is -1.08. The zero-order valence-corrected chi connectivity index (χ0v) is 30.6. The van der Waals surface area contributed by atoms with Crippen molar-refractivity contribution in [3.63, 3.8) is 0 Å². The molecule has 6 aromatic rings. The van der Waals surface area contributed by atoms with Gasteiger partial charge >= 0.3 is 6.03 Å². The number of rotatable bonds is 12. The third kappa shape index (κ3) is 7.68. The number of nitrogens with zero attached hydrogens (tertiary/aromatic N) is 7. The largest absolute Gasteiger partial charge is 0.508 e. The molecule has 1 saturated heterocycles. The summed E-state index contributed by atoms with van der Waals surface area (Å²) in [7, 11) is 0. The van der Waals surface area contributed by atoms with Gasteiger partial charge in [0.2, 0.25) is 5.95 Å². The molecular formula is C41H46N10O4. The first kappa shape index (κ1) is 36.0. The number of hydrogen-bond acceptors (Lipinski definition) is 10. The SMILES string of the molecule is CCc1cnn([C@H]2C[C@@H](n3cnc4c(NCC(c5ccccc5)c5ccccc5)nc(N5CC[C@@H](NC(=O)NCc6cccc(O)c6)C5)nc43)[C@H](O)[C@@H]2O)c1. The molecule has 2 aliphatic rings. The van der Waals surface area contributed by atoms with E-state index in [1.165, 1.54) is 0 Å². The number of aliphatic hydroxyl groups is 2. The number of hydrogen-bond donors (Lipinski definition) is 6. The molecule has 0 unspecified atom stereocenters. The number of fused-ring (bicyclic) bond motifs is 1. The number of phenolic OH excluding ortho intramolecular Hbond substituents is 1. The highest BCUT2D eigenvalue weighted by atomic mass is 16.3. The molecule has 14 nitrogen and oxygen atoms in total. The van der Waals surface area contributed by atoms with E-state index in [2.05, 4.69) is 52.2 Å². The van der Waals surface area contributed by atoms with Gasteiger partial charge in [-0.15, -0.1) is 0 Å². The van der Waals surface area contributed by atoms with Crippen molar-refractivity contribution in [2.24, 2.45) is 0 Å². The highest BCUT2D eigenvalue weighted by Crippen LogP contribution is 2.40. The molecule has 3 aromatic carbocycles. The number of aliphatic hydroxyl groups excluding tert-OH is 2. The van der Waals surface area contributed by atoms with Gasteiger partial charge in [-0.2, -0.15) is 15.1 Å². The average Bonchev–Trinajstić information content (AvgIpc) is 4.02. The van der Waals surface area contributed by atoms with Gasteiger partial charge in [0.15, 0.2) is 17.0 Å². The average molecular weight is 743 g/mol. The first-order chi connectivity index (χ1) is 26.8. The molecule has 8 rings (SSSR count). The fourth-order valence-corrected chi connectivity index (χ4v) is 7.82. The van der Waals surface area contributed by atoms with Crippen LogP contribution in [0.5, 0.6) is 5.75 Å². The monoisotopic (exact) mass is 742 g/mol. The van der Waals surface area contributed by atoms with Crippen LogP contribution in [0.3, 0.4) is 0 Å². The minimum Gasteiger partial charge on any atom is -0.508 e. The Morgan fingerprint density at radius 2 is 1.67 bits per heavy atom. The van der Waals surface area contributed by atoms with Crippen LogP contribution < -0.4 is 20.9 Å². The van der Waals surface area contributed by atoms with Crippen molar-refractivity contribution in [1.29, 1.82) is 0 Å². The summed E-state index contributed by atoms with van der Waals surface area (Å²) in [6.45, 7) is 3.96. The second kappa shape index (κ2) is 15.8. The van der Waals surface area contributed by atoms with Crippen molar-refractivity contribution in [3.8, 4) is 5.75 Å². The minimum absolute atomic E-state index is 0.0197. The van der Waals surface area contributed by atoms with Gasteiger partial charge in [-0.05, 0) is 53.6 Å². The summed E-state index contributed by atoms with van der Waals surface area (Å²) < 4.78 is 3.61. The Morgan fingerprint density at radius 1 is 0.927 bits per heavy atom. The Bertz CT molecular complexity index is 2190. The number of aryl methyl sites for hydroxylation is 1. The van der Waals surface area contributed by atoms with Gasteiger partial charge in [0.25, 0.3) is 0 Å². The standard InChI is InChI=1S/C41H46N10O4/c1-2-26-21-45-51(23-26)34-19-33(36(53)37(34)54)50-25-44-35-38(42-22-32(28-11-5-3-6-12-28)29-13-7-4-8-14-29)47-40(48-39(35)50)49-17-16-30(24-49)46-41(55)43-20-27-10-9-15-31(52)18-27/h3-15,18,21,23,25,30,32-34,36-37,52-54H,2,16-17,19-20,22,24H2,1H3,(H,42,47,48)(H2,43,46,55)/t30-,33-,34+,36+,37-/m1/s1. The van der Waals surface area contributed by atoms with E-state index in [4.69, 9.17) is 15.0 Å². The van der Waals surface area contributed by atoms with Gasteiger partial charge < -0.3 is 40.7 Å². The van der Waals surface area contributed by atoms with Crippen molar-refractivity contribution < 1.29 is 20.1 Å². The van der Waals surface area contributed by atoms with E-state index >= 15 is 0 Å². The van der Waals surface area contributed by atoms with Crippen LogP contribution in [0.2, 0.25) is 0 Å². The van der Waals surface area contributed by atoms with Gasteiger partial charge in [-0.3, -0.25) is 4.68 Å². The maximum Gasteiger partial charge on any atom is 0.315 e. The Labute approximate surface area is 318 Å². The van der Waals surface area contributed by atoms with Crippen LogP contribution in [0.15, 0.2) is 104 Å². The fraction of sp³-hybridized carbons (Fsp3) is 0.341. The van der Waals surface area contributed by atoms with Crippen molar-refractivity contribution in [2.45, 2.75) is 69.0 Å². The highest BCUT2D eigenvalue weighted by Gasteiger charge is 2.44. The lowest BCUT2D eigenvalue weighted by Crippen LogP contribution is -2.43. The van der Waals surface area contributed by atoms with Gasteiger partial charge in [0, 0.05) is 44.3 Å². The van der Waals surface area contributed by atoms with Crippen molar-refractivity contribution in [1.82, 2.24) is 39.9 Å². The van der Waals surface area contributed by atoms with Crippen LogP contribution in [0, 0.1) is 0 Å². The molecule has 2 amide bonds. The summed E-state index contributed by atoms with van der Waals surface area (Å²) in [5.74, 6) is 1.20. The fourth-order valence-electron chi connectivity index (χ4n) is 7.82. The van der Waals surface area contributed by atoms with E-state index in [-0.39, 0.29) is 30.3 Å². The maximum atomic E-state index is 12.9. The van der Waals surface area contributed by atoms with E-state index in [9.17, 15) is 20.1 Å². The molecule has 0 bridgehead atoms. The summed E-state index contributed by atoms with van der Waals surface area (Å²) in [4.78, 5) is 29.8. The Hall–Kier alpha value is -5.99. The van der Waals surface area contributed by atoms with Gasteiger partial charge in [-0.1, -0.05) is 79.7 Å². The molecule has 0 radical (unpaired) electrons. The Balaban J connectivity index is 1.07. The lowest BCUT2D eigenvalue weighted by atomic mass is 9.91. The molecule has 5 atom stereocenters. The van der Waals surface area contributed by atoms with E-state index in [0.717, 1.165) is 28.7 Å². The van der Waals surface area contributed by atoms with Crippen LogP contribution >= 0.6 is 0 Å². The number of phenols is 1. The molecule has 6 N–H and O–H groups in total. The first-order valence-electron chi connectivity index (χ1n) is 18.9. The van der Waals surface area contributed by atoms with E-state index < -0.39 is 24.3 Å².